The lowest BCUT2D eigenvalue weighted by Gasteiger charge is -2.35. The Bertz CT molecular complexity index is 674. The molecule has 1 saturated heterocycles. The lowest BCUT2D eigenvalue weighted by atomic mass is 10.0. The molecular weight excluding hydrogens is 326 g/mol. The number of hydrogen-bond acceptors (Lipinski definition) is 3. The molecule has 0 aromatic heterocycles. The number of rotatable bonds is 4. The first kappa shape index (κ1) is 17.8. The van der Waals surface area contributed by atoms with Crippen molar-refractivity contribution in [3.63, 3.8) is 0 Å². The van der Waals surface area contributed by atoms with Crippen LogP contribution in [0, 0.1) is 11.6 Å². The Morgan fingerprint density at radius 2 is 1.87 bits per heavy atom. The standard InChI is InChI=1S/C15H20F2N2O3S/c1-10-5-3-4-6-19(10)15(20)11(2)18-23(21,22)14-8-12(16)7-13(17)9-14/h7-11,18H,3-6H2,1-2H3/t10-,11+/m0/s1. The minimum atomic E-state index is -4.18. The summed E-state index contributed by atoms with van der Waals surface area (Å²) in [6.07, 6.45) is 2.79. The number of carbonyl (C=O) groups is 1. The number of nitrogens with zero attached hydrogens (tertiary/aromatic N) is 1. The Hall–Kier alpha value is -1.54. The van der Waals surface area contributed by atoms with E-state index in [0.717, 1.165) is 19.3 Å². The van der Waals surface area contributed by atoms with Gasteiger partial charge in [0.15, 0.2) is 0 Å². The van der Waals surface area contributed by atoms with E-state index in [2.05, 4.69) is 4.72 Å². The van der Waals surface area contributed by atoms with Crippen LogP contribution >= 0.6 is 0 Å². The van der Waals surface area contributed by atoms with E-state index in [4.69, 9.17) is 0 Å². The van der Waals surface area contributed by atoms with Crippen LogP contribution in [-0.4, -0.2) is 37.9 Å². The van der Waals surface area contributed by atoms with Crippen molar-refractivity contribution in [3.8, 4) is 0 Å². The fourth-order valence-corrected chi connectivity index (χ4v) is 3.95. The van der Waals surface area contributed by atoms with Crippen molar-refractivity contribution in [2.24, 2.45) is 0 Å². The van der Waals surface area contributed by atoms with Gasteiger partial charge in [-0.05, 0) is 45.2 Å². The van der Waals surface area contributed by atoms with Crippen molar-refractivity contribution in [1.82, 2.24) is 9.62 Å². The molecule has 0 unspecified atom stereocenters. The first-order chi connectivity index (χ1) is 10.7. The predicted molar refractivity (Wildman–Crippen MR) is 81.2 cm³/mol. The zero-order chi connectivity index (χ0) is 17.2. The summed E-state index contributed by atoms with van der Waals surface area (Å²) < 4.78 is 53.0. The third-order valence-electron chi connectivity index (χ3n) is 3.93. The third kappa shape index (κ3) is 4.26. The first-order valence-corrected chi connectivity index (χ1v) is 8.98. The van der Waals surface area contributed by atoms with Crippen molar-refractivity contribution in [2.75, 3.05) is 6.54 Å². The van der Waals surface area contributed by atoms with Gasteiger partial charge >= 0.3 is 0 Å². The number of sulfonamides is 1. The van der Waals surface area contributed by atoms with Crippen molar-refractivity contribution < 1.29 is 22.0 Å². The van der Waals surface area contributed by atoms with Gasteiger partial charge in [0.05, 0.1) is 10.9 Å². The predicted octanol–water partition coefficient (Wildman–Crippen LogP) is 2.03. The molecule has 8 heteroatoms. The molecule has 23 heavy (non-hydrogen) atoms. The average Bonchev–Trinajstić information content (AvgIpc) is 2.45. The fourth-order valence-electron chi connectivity index (χ4n) is 2.71. The highest BCUT2D eigenvalue weighted by Crippen LogP contribution is 2.18. The highest BCUT2D eigenvalue weighted by Gasteiger charge is 2.30. The molecule has 1 aromatic carbocycles. The number of hydrogen-bond donors (Lipinski definition) is 1. The molecule has 0 bridgehead atoms. The molecule has 1 aliphatic heterocycles. The first-order valence-electron chi connectivity index (χ1n) is 7.49. The molecule has 1 aromatic rings. The minimum Gasteiger partial charge on any atom is -0.339 e. The maximum atomic E-state index is 13.2. The molecule has 2 rings (SSSR count). The van der Waals surface area contributed by atoms with Gasteiger partial charge in [0, 0.05) is 18.7 Å². The molecule has 1 aliphatic rings. The van der Waals surface area contributed by atoms with Crippen LogP contribution in [0.4, 0.5) is 8.78 Å². The molecule has 0 aliphatic carbocycles. The molecule has 0 saturated carbocycles. The van der Waals surface area contributed by atoms with Crippen LogP contribution in [0.3, 0.4) is 0 Å². The van der Waals surface area contributed by atoms with Gasteiger partial charge in [-0.15, -0.1) is 0 Å². The highest BCUT2D eigenvalue weighted by molar-refractivity contribution is 7.89. The molecule has 1 N–H and O–H groups in total. The van der Waals surface area contributed by atoms with Crippen molar-refractivity contribution >= 4 is 15.9 Å². The van der Waals surface area contributed by atoms with E-state index in [1.807, 2.05) is 6.92 Å². The lowest BCUT2D eigenvalue weighted by Crippen LogP contribution is -2.51. The van der Waals surface area contributed by atoms with Gasteiger partial charge in [0.25, 0.3) is 0 Å². The summed E-state index contributed by atoms with van der Waals surface area (Å²) >= 11 is 0. The smallest absolute Gasteiger partial charge is 0.241 e. The molecular formula is C15H20F2N2O3S. The molecule has 0 spiro atoms. The van der Waals surface area contributed by atoms with E-state index in [-0.39, 0.29) is 11.9 Å². The second kappa shape index (κ2) is 6.92. The third-order valence-corrected chi connectivity index (χ3v) is 5.45. The number of likely N-dealkylation sites (tertiary alicyclic amines) is 1. The Morgan fingerprint density at radius 1 is 1.26 bits per heavy atom. The SMILES string of the molecule is C[C@@H](NS(=O)(=O)c1cc(F)cc(F)c1)C(=O)N1CCCC[C@@H]1C. The molecule has 1 heterocycles. The quantitative estimate of drug-likeness (QED) is 0.907. The van der Waals surface area contributed by atoms with Crippen LogP contribution in [0.1, 0.15) is 33.1 Å². The van der Waals surface area contributed by atoms with E-state index < -0.39 is 32.6 Å². The molecule has 5 nitrogen and oxygen atoms in total. The maximum Gasteiger partial charge on any atom is 0.241 e. The largest absolute Gasteiger partial charge is 0.339 e. The van der Waals surface area contributed by atoms with Crippen molar-refractivity contribution in [2.45, 2.75) is 50.1 Å². The van der Waals surface area contributed by atoms with Crippen molar-refractivity contribution in [1.29, 1.82) is 0 Å². The molecule has 1 fully saturated rings. The van der Waals surface area contributed by atoms with Gasteiger partial charge in [-0.3, -0.25) is 4.79 Å². The Labute approximate surface area is 134 Å². The summed E-state index contributed by atoms with van der Waals surface area (Å²) in [6.45, 7) is 3.93. The van der Waals surface area contributed by atoms with Gasteiger partial charge in [-0.1, -0.05) is 0 Å². The van der Waals surface area contributed by atoms with Crippen molar-refractivity contribution in [3.05, 3.63) is 29.8 Å². The normalized spacial score (nSPS) is 20.3. The maximum absolute atomic E-state index is 13.2. The Kier molecular flexibility index (Phi) is 5.36. The summed E-state index contributed by atoms with van der Waals surface area (Å²) in [4.78, 5) is 13.5. The monoisotopic (exact) mass is 346 g/mol. The fraction of sp³-hybridized carbons (Fsp3) is 0.533. The van der Waals surface area contributed by atoms with E-state index in [9.17, 15) is 22.0 Å². The number of benzene rings is 1. The second-order valence-electron chi connectivity index (χ2n) is 5.82. The summed E-state index contributed by atoms with van der Waals surface area (Å²) in [7, 11) is -4.18. The topological polar surface area (TPSA) is 66.5 Å². The van der Waals surface area contributed by atoms with Crippen LogP contribution < -0.4 is 4.72 Å². The van der Waals surface area contributed by atoms with Crippen LogP contribution in [-0.2, 0) is 14.8 Å². The molecule has 0 radical (unpaired) electrons. The average molecular weight is 346 g/mol. The number of carbonyl (C=O) groups excluding carboxylic acids is 1. The molecule has 128 valence electrons. The zero-order valence-corrected chi connectivity index (χ0v) is 13.9. The van der Waals surface area contributed by atoms with Gasteiger partial charge in [0.2, 0.25) is 15.9 Å². The summed E-state index contributed by atoms with van der Waals surface area (Å²) in [5.74, 6) is -2.32. The van der Waals surface area contributed by atoms with E-state index in [1.165, 1.54) is 6.92 Å². The number of piperidine rings is 1. The van der Waals surface area contributed by atoms with E-state index in [1.54, 1.807) is 4.90 Å². The number of amides is 1. The van der Waals surface area contributed by atoms with E-state index >= 15 is 0 Å². The minimum absolute atomic E-state index is 0.0508. The second-order valence-corrected chi connectivity index (χ2v) is 7.54. The van der Waals surface area contributed by atoms with Gasteiger partial charge < -0.3 is 4.90 Å². The van der Waals surface area contributed by atoms with Gasteiger partial charge in [0.1, 0.15) is 11.6 Å². The van der Waals surface area contributed by atoms with Crippen LogP contribution in [0.25, 0.3) is 0 Å². The lowest BCUT2D eigenvalue weighted by molar-refractivity contribution is -0.135. The Balaban J connectivity index is 2.14. The summed E-state index contributed by atoms with van der Waals surface area (Å²) in [5.41, 5.74) is 0. The molecule has 1 amide bonds. The summed E-state index contributed by atoms with van der Waals surface area (Å²) in [5, 5.41) is 0. The van der Waals surface area contributed by atoms with E-state index in [0.29, 0.717) is 24.7 Å². The highest BCUT2D eigenvalue weighted by atomic mass is 32.2. The summed E-state index contributed by atoms with van der Waals surface area (Å²) in [6, 6.07) is 1.06. The van der Waals surface area contributed by atoms with Crippen LogP contribution in [0.2, 0.25) is 0 Å². The number of nitrogens with one attached hydrogen (secondary N) is 1. The van der Waals surface area contributed by atoms with Crippen LogP contribution in [0.15, 0.2) is 23.1 Å². The number of halogens is 2. The van der Waals surface area contributed by atoms with Gasteiger partial charge in [-0.25, -0.2) is 17.2 Å². The zero-order valence-electron chi connectivity index (χ0n) is 13.1. The van der Waals surface area contributed by atoms with Gasteiger partial charge in [-0.2, -0.15) is 4.72 Å². The molecule has 2 atom stereocenters. The van der Waals surface area contributed by atoms with Crippen LogP contribution in [0.5, 0.6) is 0 Å². The Morgan fingerprint density at radius 3 is 2.43 bits per heavy atom.